The van der Waals surface area contributed by atoms with Crippen LogP contribution in [0.2, 0.25) is 0 Å². The lowest BCUT2D eigenvalue weighted by Crippen LogP contribution is -2.42. The number of carbonyl (C=O) groups excluding carboxylic acids is 1. The molecule has 0 N–H and O–H groups in total. The molecule has 1 aromatic heterocycles. The molecule has 2 aromatic rings. The molecule has 6 nitrogen and oxygen atoms in total. The summed E-state index contributed by atoms with van der Waals surface area (Å²) >= 11 is 0. The Labute approximate surface area is 154 Å². The Balaban J connectivity index is 1.91. The summed E-state index contributed by atoms with van der Waals surface area (Å²) in [6.07, 6.45) is 3.62. The number of nitrogens with zero attached hydrogens (tertiary/aromatic N) is 4. The third kappa shape index (κ3) is 3.45. The van der Waals surface area contributed by atoms with E-state index < -0.39 is 0 Å². The van der Waals surface area contributed by atoms with E-state index >= 15 is 0 Å². The summed E-state index contributed by atoms with van der Waals surface area (Å²) in [7, 11) is 1.68. The number of likely N-dealkylation sites (tertiary alicyclic amines) is 1. The SMILES string of the molecule is CCC(CC)C(=O)N1CCCC(c2nn(C)c(=O)n2-c2ccccc2)C1. The first kappa shape index (κ1) is 18.4. The molecule has 0 spiro atoms. The molecule has 140 valence electrons. The van der Waals surface area contributed by atoms with Gasteiger partial charge in [-0.1, -0.05) is 32.0 Å². The molecule has 26 heavy (non-hydrogen) atoms. The Morgan fingerprint density at radius 2 is 1.92 bits per heavy atom. The third-order valence-corrected chi connectivity index (χ3v) is 5.40. The number of aryl methyl sites for hydroxylation is 1. The highest BCUT2D eigenvalue weighted by Crippen LogP contribution is 2.28. The first-order valence-electron chi connectivity index (χ1n) is 9.56. The van der Waals surface area contributed by atoms with Gasteiger partial charge in [-0.05, 0) is 37.8 Å². The number of hydrogen-bond acceptors (Lipinski definition) is 3. The lowest BCUT2D eigenvalue weighted by Gasteiger charge is -2.34. The molecule has 1 amide bonds. The normalized spacial score (nSPS) is 17.7. The molecule has 1 saturated heterocycles. The fourth-order valence-electron chi connectivity index (χ4n) is 3.85. The van der Waals surface area contributed by atoms with Crippen LogP contribution in [0.4, 0.5) is 0 Å². The number of hydrogen-bond donors (Lipinski definition) is 0. The lowest BCUT2D eigenvalue weighted by molar-refractivity contribution is -0.137. The molecule has 1 atom stereocenters. The molecule has 0 saturated carbocycles. The quantitative estimate of drug-likeness (QED) is 0.828. The van der Waals surface area contributed by atoms with Crippen molar-refractivity contribution in [2.45, 2.75) is 45.4 Å². The van der Waals surface area contributed by atoms with Crippen LogP contribution >= 0.6 is 0 Å². The fourth-order valence-corrected chi connectivity index (χ4v) is 3.85. The Hall–Kier alpha value is -2.37. The largest absolute Gasteiger partial charge is 0.350 e. The van der Waals surface area contributed by atoms with Gasteiger partial charge in [0.05, 0.1) is 5.69 Å². The number of amides is 1. The van der Waals surface area contributed by atoms with E-state index in [9.17, 15) is 9.59 Å². The summed E-state index contributed by atoms with van der Waals surface area (Å²) in [5, 5.41) is 4.52. The molecule has 6 heteroatoms. The molecule has 1 fully saturated rings. The zero-order valence-corrected chi connectivity index (χ0v) is 15.9. The van der Waals surface area contributed by atoms with Crippen LogP contribution in [0.5, 0.6) is 0 Å². The van der Waals surface area contributed by atoms with Gasteiger partial charge >= 0.3 is 5.69 Å². The molecular formula is C20H28N4O2. The number of benzene rings is 1. The lowest BCUT2D eigenvalue weighted by atomic mass is 9.94. The van der Waals surface area contributed by atoms with Gasteiger partial charge in [-0.15, -0.1) is 0 Å². The van der Waals surface area contributed by atoms with Gasteiger partial charge in [0.1, 0.15) is 5.82 Å². The molecule has 0 bridgehead atoms. The van der Waals surface area contributed by atoms with Crippen LogP contribution in [-0.4, -0.2) is 38.2 Å². The summed E-state index contributed by atoms with van der Waals surface area (Å²) in [5.41, 5.74) is 0.679. The van der Waals surface area contributed by atoms with Crippen molar-refractivity contribution in [1.29, 1.82) is 0 Å². The van der Waals surface area contributed by atoms with Crippen LogP contribution in [0.1, 0.15) is 51.3 Å². The van der Waals surface area contributed by atoms with E-state index in [4.69, 9.17) is 0 Å². The van der Waals surface area contributed by atoms with Gasteiger partial charge in [-0.2, -0.15) is 5.10 Å². The van der Waals surface area contributed by atoms with Crippen molar-refractivity contribution in [3.63, 3.8) is 0 Å². The minimum absolute atomic E-state index is 0.0798. The first-order valence-corrected chi connectivity index (χ1v) is 9.56. The van der Waals surface area contributed by atoms with Crippen LogP contribution in [0.3, 0.4) is 0 Å². The van der Waals surface area contributed by atoms with Crippen molar-refractivity contribution in [3.05, 3.63) is 46.6 Å². The molecule has 3 rings (SSSR count). The van der Waals surface area contributed by atoms with Crippen molar-refractivity contribution in [1.82, 2.24) is 19.2 Å². The minimum atomic E-state index is -0.144. The van der Waals surface area contributed by atoms with Crippen molar-refractivity contribution >= 4 is 5.91 Å². The summed E-state index contributed by atoms with van der Waals surface area (Å²) in [4.78, 5) is 27.4. The average Bonchev–Trinajstić information content (AvgIpc) is 2.98. The Kier molecular flexibility index (Phi) is 5.59. The van der Waals surface area contributed by atoms with Crippen molar-refractivity contribution < 1.29 is 4.79 Å². The standard InChI is InChI=1S/C20H28N4O2/c1-4-15(5-2)19(25)23-13-9-10-16(14-23)18-21-22(3)20(26)24(18)17-11-7-6-8-12-17/h6-8,11-12,15-16H,4-5,9-10,13-14H2,1-3H3. The van der Waals surface area contributed by atoms with Crippen molar-refractivity contribution in [3.8, 4) is 5.69 Å². The highest BCUT2D eigenvalue weighted by Gasteiger charge is 2.31. The van der Waals surface area contributed by atoms with Crippen molar-refractivity contribution in [2.75, 3.05) is 13.1 Å². The van der Waals surface area contributed by atoms with E-state index in [1.54, 1.807) is 11.6 Å². The predicted molar refractivity (Wildman–Crippen MR) is 101 cm³/mol. The van der Waals surface area contributed by atoms with Crippen LogP contribution < -0.4 is 5.69 Å². The fraction of sp³-hybridized carbons (Fsp3) is 0.550. The molecular weight excluding hydrogens is 328 g/mol. The minimum Gasteiger partial charge on any atom is -0.342 e. The monoisotopic (exact) mass is 356 g/mol. The van der Waals surface area contributed by atoms with Crippen molar-refractivity contribution in [2.24, 2.45) is 13.0 Å². The summed E-state index contributed by atoms with van der Waals surface area (Å²) in [5.74, 6) is 1.17. The van der Waals surface area contributed by atoms with E-state index in [1.807, 2.05) is 35.2 Å². The van der Waals surface area contributed by atoms with Gasteiger partial charge in [-0.25, -0.2) is 14.0 Å². The summed E-state index contributed by atoms with van der Waals surface area (Å²) in [6, 6.07) is 9.61. The average molecular weight is 356 g/mol. The maximum atomic E-state index is 12.8. The Morgan fingerprint density at radius 1 is 1.23 bits per heavy atom. The molecule has 2 heterocycles. The van der Waals surface area contributed by atoms with E-state index in [1.165, 1.54) is 4.68 Å². The maximum Gasteiger partial charge on any atom is 0.350 e. The van der Waals surface area contributed by atoms with Crippen LogP contribution in [-0.2, 0) is 11.8 Å². The summed E-state index contributed by atoms with van der Waals surface area (Å²) in [6.45, 7) is 5.57. The van der Waals surface area contributed by atoms with E-state index in [0.29, 0.717) is 6.54 Å². The van der Waals surface area contributed by atoms with Gasteiger partial charge < -0.3 is 4.90 Å². The maximum absolute atomic E-state index is 12.8. The molecule has 0 radical (unpaired) electrons. The van der Waals surface area contributed by atoms with Crippen LogP contribution in [0, 0.1) is 5.92 Å². The Bertz CT molecular complexity index is 805. The van der Waals surface area contributed by atoms with Crippen LogP contribution in [0.15, 0.2) is 35.1 Å². The Morgan fingerprint density at radius 3 is 2.58 bits per heavy atom. The second kappa shape index (κ2) is 7.89. The van der Waals surface area contributed by atoms with Gasteiger partial charge in [0.2, 0.25) is 5.91 Å². The second-order valence-electron chi connectivity index (χ2n) is 7.07. The van der Waals surface area contributed by atoms with Gasteiger partial charge in [0.25, 0.3) is 0 Å². The highest BCUT2D eigenvalue weighted by molar-refractivity contribution is 5.78. The smallest absolute Gasteiger partial charge is 0.342 e. The number of para-hydroxylation sites is 1. The molecule has 0 aliphatic carbocycles. The molecule has 1 aromatic carbocycles. The zero-order chi connectivity index (χ0) is 18.7. The number of carbonyl (C=O) groups is 1. The second-order valence-corrected chi connectivity index (χ2v) is 7.07. The number of aromatic nitrogens is 3. The third-order valence-electron chi connectivity index (χ3n) is 5.40. The molecule has 1 unspecified atom stereocenters. The van der Waals surface area contributed by atoms with E-state index in [-0.39, 0.29) is 23.4 Å². The number of rotatable bonds is 5. The van der Waals surface area contributed by atoms with Crippen LogP contribution in [0.25, 0.3) is 5.69 Å². The van der Waals surface area contributed by atoms with E-state index in [0.717, 1.165) is 43.7 Å². The van der Waals surface area contributed by atoms with Gasteiger partial charge in [-0.3, -0.25) is 4.79 Å². The molecule has 1 aliphatic rings. The van der Waals surface area contributed by atoms with E-state index in [2.05, 4.69) is 18.9 Å². The zero-order valence-electron chi connectivity index (χ0n) is 15.9. The first-order chi connectivity index (χ1) is 12.6. The molecule has 1 aliphatic heterocycles. The predicted octanol–water partition coefficient (Wildman–Crippen LogP) is 2.71. The highest BCUT2D eigenvalue weighted by atomic mass is 16.2. The van der Waals surface area contributed by atoms with Gasteiger partial charge in [0.15, 0.2) is 0 Å². The number of piperidine rings is 1. The topological polar surface area (TPSA) is 60.1 Å². The summed E-state index contributed by atoms with van der Waals surface area (Å²) < 4.78 is 3.08. The van der Waals surface area contributed by atoms with Gasteiger partial charge in [0, 0.05) is 32.0 Å².